The number of aryl methyl sites for hydroxylation is 1. The van der Waals surface area contributed by atoms with Gasteiger partial charge in [0.2, 0.25) is 0 Å². The van der Waals surface area contributed by atoms with Crippen LogP contribution in [0.2, 0.25) is 0 Å². The van der Waals surface area contributed by atoms with E-state index in [1.807, 2.05) is 0 Å². The van der Waals surface area contributed by atoms with E-state index in [0.717, 1.165) is 4.57 Å². The molecule has 3 rings (SSSR count). The maximum atomic E-state index is 12.5. The molecule has 0 saturated heterocycles. The number of aromatic nitrogens is 3. The SMILES string of the molecule is Cn1c(=O)c2ccc(C(=O)NC3CCC(C(=O)O)CC3)nc2n(C)c1=O. The van der Waals surface area contributed by atoms with Crippen LogP contribution in [-0.4, -0.2) is 37.1 Å². The van der Waals surface area contributed by atoms with Gasteiger partial charge in [-0.15, -0.1) is 0 Å². The Morgan fingerprint density at radius 1 is 1.12 bits per heavy atom. The van der Waals surface area contributed by atoms with Crippen molar-refractivity contribution in [3.63, 3.8) is 0 Å². The molecule has 0 atom stereocenters. The number of rotatable bonds is 3. The summed E-state index contributed by atoms with van der Waals surface area (Å²) in [6.07, 6.45) is 2.23. The lowest BCUT2D eigenvalue weighted by atomic mass is 9.86. The van der Waals surface area contributed by atoms with Crippen molar-refractivity contribution in [1.82, 2.24) is 19.4 Å². The summed E-state index contributed by atoms with van der Waals surface area (Å²) in [5.74, 6) is -1.56. The molecule has 1 aliphatic rings. The summed E-state index contributed by atoms with van der Waals surface area (Å²) < 4.78 is 2.22. The third-order valence-electron chi connectivity index (χ3n) is 4.95. The second kappa shape index (κ2) is 6.74. The van der Waals surface area contributed by atoms with Gasteiger partial charge in [-0.2, -0.15) is 0 Å². The molecule has 138 valence electrons. The highest BCUT2D eigenvalue weighted by Crippen LogP contribution is 2.24. The van der Waals surface area contributed by atoms with Gasteiger partial charge in [0, 0.05) is 20.1 Å². The van der Waals surface area contributed by atoms with E-state index in [9.17, 15) is 19.2 Å². The predicted molar refractivity (Wildman–Crippen MR) is 93.1 cm³/mol. The summed E-state index contributed by atoms with van der Waals surface area (Å²) in [5.41, 5.74) is -0.712. The van der Waals surface area contributed by atoms with Gasteiger partial charge >= 0.3 is 11.7 Å². The summed E-state index contributed by atoms with van der Waals surface area (Å²) in [6.45, 7) is 0. The summed E-state index contributed by atoms with van der Waals surface area (Å²) >= 11 is 0. The van der Waals surface area contributed by atoms with Crippen LogP contribution < -0.4 is 16.6 Å². The number of carbonyl (C=O) groups excluding carboxylic acids is 1. The quantitative estimate of drug-likeness (QED) is 0.794. The number of fused-ring (bicyclic) bond motifs is 1. The van der Waals surface area contributed by atoms with Crippen molar-refractivity contribution in [2.75, 3.05) is 0 Å². The van der Waals surface area contributed by atoms with E-state index in [0.29, 0.717) is 25.7 Å². The highest BCUT2D eigenvalue weighted by atomic mass is 16.4. The van der Waals surface area contributed by atoms with E-state index in [2.05, 4.69) is 10.3 Å². The number of nitrogens with one attached hydrogen (secondary N) is 1. The lowest BCUT2D eigenvalue weighted by Crippen LogP contribution is -2.40. The first-order valence-corrected chi connectivity index (χ1v) is 8.40. The number of aliphatic carboxylic acids is 1. The number of hydrogen-bond acceptors (Lipinski definition) is 5. The molecule has 1 aliphatic carbocycles. The van der Waals surface area contributed by atoms with Gasteiger partial charge in [0.05, 0.1) is 11.3 Å². The van der Waals surface area contributed by atoms with Gasteiger partial charge in [-0.3, -0.25) is 23.5 Å². The number of amides is 1. The van der Waals surface area contributed by atoms with Crippen molar-refractivity contribution in [1.29, 1.82) is 0 Å². The molecule has 0 aliphatic heterocycles. The fourth-order valence-corrected chi connectivity index (χ4v) is 3.32. The minimum Gasteiger partial charge on any atom is -0.481 e. The van der Waals surface area contributed by atoms with Crippen LogP contribution >= 0.6 is 0 Å². The van der Waals surface area contributed by atoms with E-state index in [1.54, 1.807) is 0 Å². The van der Waals surface area contributed by atoms with Crippen LogP contribution in [0.5, 0.6) is 0 Å². The number of carboxylic acids is 1. The van der Waals surface area contributed by atoms with Crippen molar-refractivity contribution < 1.29 is 14.7 Å². The Labute approximate surface area is 148 Å². The van der Waals surface area contributed by atoms with Gasteiger partial charge < -0.3 is 10.4 Å². The molecule has 9 nitrogen and oxygen atoms in total. The van der Waals surface area contributed by atoms with Gasteiger partial charge in [0.15, 0.2) is 0 Å². The second-order valence-corrected chi connectivity index (χ2v) is 6.63. The molecule has 2 N–H and O–H groups in total. The Hall–Kier alpha value is -2.97. The average Bonchev–Trinajstić information content (AvgIpc) is 2.64. The van der Waals surface area contributed by atoms with Crippen LogP contribution in [0.3, 0.4) is 0 Å². The predicted octanol–water partition coefficient (Wildman–Crippen LogP) is 0.00540. The Morgan fingerprint density at radius 2 is 1.77 bits per heavy atom. The smallest absolute Gasteiger partial charge is 0.332 e. The number of hydrogen-bond donors (Lipinski definition) is 2. The highest BCUT2D eigenvalue weighted by molar-refractivity contribution is 5.94. The van der Waals surface area contributed by atoms with Crippen LogP contribution in [0.1, 0.15) is 36.2 Å². The Bertz CT molecular complexity index is 999. The molecule has 9 heteroatoms. The lowest BCUT2D eigenvalue weighted by molar-refractivity contribution is -0.142. The molecule has 26 heavy (non-hydrogen) atoms. The molecule has 0 bridgehead atoms. The maximum absolute atomic E-state index is 12.5. The van der Waals surface area contributed by atoms with E-state index in [4.69, 9.17) is 5.11 Å². The minimum absolute atomic E-state index is 0.108. The van der Waals surface area contributed by atoms with Gasteiger partial charge in [0.1, 0.15) is 11.3 Å². The molecule has 0 radical (unpaired) electrons. The normalized spacial score (nSPS) is 20.1. The van der Waals surface area contributed by atoms with E-state index < -0.39 is 23.1 Å². The molecule has 1 amide bonds. The average molecular weight is 360 g/mol. The summed E-state index contributed by atoms with van der Waals surface area (Å²) in [5, 5.41) is 12.1. The van der Waals surface area contributed by atoms with Crippen LogP contribution in [-0.2, 0) is 18.9 Å². The number of carbonyl (C=O) groups is 2. The maximum Gasteiger partial charge on any atom is 0.332 e. The zero-order chi connectivity index (χ0) is 19.0. The van der Waals surface area contributed by atoms with Crippen molar-refractivity contribution in [2.24, 2.45) is 20.0 Å². The Kier molecular flexibility index (Phi) is 4.62. The summed E-state index contributed by atoms with van der Waals surface area (Å²) in [6, 6.07) is 2.83. The van der Waals surface area contributed by atoms with Crippen molar-refractivity contribution in [2.45, 2.75) is 31.7 Å². The van der Waals surface area contributed by atoms with E-state index >= 15 is 0 Å². The standard InChI is InChI=1S/C17H20N4O5/c1-20-13-11(15(23)21(2)17(20)26)7-8-12(19-13)14(22)18-10-5-3-9(4-6-10)16(24)25/h7-10H,3-6H2,1-2H3,(H,18,22)(H,24,25). The zero-order valence-electron chi connectivity index (χ0n) is 14.6. The largest absolute Gasteiger partial charge is 0.481 e. The van der Waals surface area contributed by atoms with Crippen LogP contribution in [0, 0.1) is 5.92 Å². The first-order chi connectivity index (χ1) is 12.3. The monoisotopic (exact) mass is 360 g/mol. The molecule has 2 heterocycles. The first-order valence-electron chi connectivity index (χ1n) is 8.40. The second-order valence-electron chi connectivity index (χ2n) is 6.63. The fraction of sp³-hybridized carbons (Fsp3) is 0.471. The molecular formula is C17H20N4O5. The molecular weight excluding hydrogens is 340 g/mol. The van der Waals surface area contributed by atoms with Crippen LogP contribution in [0.4, 0.5) is 0 Å². The number of carboxylic acid groups (broad SMARTS) is 1. The summed E-state index contributed by atoms with van der Waals surface area (Å²) in [4.78, 5) is 51.8. The Balaban J connectivity index is 1.83. The molecule has 0 spiro atoms. The van der Waals surface area contributed by atoms with Gasteiger partial charge in [-0.1, -0.05) is 0 Å². The van der Waals surface area contributed by atoms with Crippen molar-refractivity contribution in [3.05, 3.63) is 38.7 Å². The van der Waals surface area contributed by atoms with Crippen LogP contribution in [0.25, 0.3) is 11.0 Å². The zero-order valence-corrected chi connectivity index (χ0v) is 14.6. The lowest BCUT2D eigenvalue weighted by Gasteiger charge is -2.26. The molecule has 2 aromatic rings. The van der Waals surface area contributed by atoms with Gasteiger partial charge in [-0.05, 0) is 37.8 Å². The van der Waals surface area contributed by atoms with Gasteiger partial charge in [-0.25, -0.2) is 9.78 Å². The molecule has 1 fully saturated rings. The Morgan fingerprint density at radius 3 is 2.38 bits per heavy atom. The minimum atomic E-state index is -0.798. The van der Waals surface area contributed by atoms with Crippen molar-refractivity contribution in [3.8, 4) is 0 Å². The number of nitrogens with zero attached hydrogens (tertiary/aromatic N) is 3. The van der Waals surface area contributed by atoms with E-state index in [1.165, 1.54) is 30.8 Å². The third-order valence-corrected chi connectivity index (χ3v) is 4.95. The fourth-order valence-electron chi connectivity index (χ4n) is 3.32. The van der Waals surface area contributed by atoms with E-state index in [-0.39, 0.29) is 28.7 Å². The topological polar surface area (TPSA) is 123 Å². The van der Waals surface area contributed by atoms with Crippen molar-refractivity contribution >= 4 is 22.9 Å². The molecule has 1 saturated carbocycles. The first kappa shape index (κ1) is 17.8. The van der Waals surface area contributed by atoms with Crippen LogP contribution in [0.15, 0.2) is 21.7 Å². The highest BCUT2D eigenvalue weighted by Gasteiger charge is 2.27. The number of pyridine rings is 1. The molecule has 0 unspecified atom stereocenters. The molecule has 0 aromatic carbocycles. The summed E-state index contributed by atoms with van der Waals surface area (Å²) in [7, 11) is 2.88. The molecule has 2 aromatic heterocycles. The third kappa shape index (κ3) is 3.12. The van der Waals surface area contributed by atoms with Gasteiger partial charge in [0.25, 0.3) is 11.5 Å².